The first-order chi connectivity index (χ1) is 7.74. The number of H-pyrrole nitrogens is 2. The van der Waals surface area contributed by atoms with Crippen LogP contribution in [0.15, 0.2) is 16.9 Å². The van der Waals surface area contributed by atoms with Crippen molar-refractivity contribution >= 4 is 23.1 Å². The lowest BCUT2D eigenvalue weighted by atomic mass is 10.2. The van der Waals surface area contributed by atoms with Crippen LogP contribution >= 0.6 is 12.2 Å². The minimum absolute atomic E-state index is 0.226. The molecule has 1 aliphatic rings. The second-order valence-corrected chi connectivity index (χ2v) is 3.86. The Hall–Kier alpha value is -1.82. The van der Waals surface area contributed by atoms with Crippen LogP contribution in [-0.4, -0.2) is 23.2 Å². The first-order valence-electron chi connectivity index (χ1n) is 4.80. The van der Waals surface area contributed by atoms with E-state index in [-0.39, 0.29) is 5.56 Å². The molecule has 1 aliphatic heterocycles. The standard InChI is InChI=1S/C10H8N2O3S/c13-9-5-3-7-8(15-2-1-14-7)4-6(5)11-10(16)12-9/h3-4H,1-2H2,(H2,11,12,13,16). The van der Waals surface area contributed by atoms with Crippen molar-refractivity contribution in [2.75, 3.05) is 13.2 Å². The zero-order valence-corrected chi connectivity index (χ0v) is 9.02. The van der Waals surface area contributed by atoms with Gasteiger partial charge in [-0.3, -0.25) is 9.78 Å². The maximum atomic E-state index is 11.6. The molecule has 0 saturated heterocycles. The van der Waals surface area contributed by atoms with E-state index < -0.39 is 0 Å². The van der Waals surface area contributed by atoms with Gasteiger partial charge in [-0.25, -0.2) is 0 Å². The van der Waals surface area contributed by atoms with Gasteiger partial charge in [0.15, 0.2) is 16.3 Å². The summed E-state index contributed by atoms with van der Waals surface area (Å²) in [6.07, 6.45) is 0. The van der Waals surface area contributed by atoms with E-state index in [1.165, 1.54) is 0 Å². The molecule has 0 fully saturated rings. The van der Waals surface area contributed by atoms with Gasteiger partial charge in [0, 0.05) is 6.07 Å². The third-order valence-electron chi connectivity index (χ3n) is 2.40. The van der Waals surface area contributed by atoms with Gasteiger partial charge in [0.2, 0.25) is 0 Å². The summed E-state index contributed by atoms with van der Waals surface area (Å²) in [6.45, 7) is 1.02. The van der Waals surface area contributed by atoms with E-state index in [1.54, 1.807) is 12.1 Å². The van der Waals surface area contributed by atoms with Crippen LogP contribution in [0.4, 0.5) is 0 Å². The fraction of sp³-hybridized carbons (Fsp3) is 0.200. The molecule has 6 heteroatoms. The Morgan fingerprint density at radius 1 is 1.12 bits per heavy atom. The summed E-state index contributed by atoms with van der Waals surface area (Å²) in [5, 5.41) is 0.512. The summed E-state index contributed by atoms with van der Waals surface area (Å²) in [5.41, 5.74) is 0.425. The third kappa shape index (κ3) is 1.38. The van der Waals surface area contributed by atoms with Crippen LogP contribution < -0.4 is 15.0 Å². The molecule has 0 amide bonds. The Morgan fingerprint density at radius 3 is 2.56 bits per heavy atom. The highest BCUT2D eigenvalue weighted by atomic mass is 32.1. The van der Waals surface area contributed by atoms with Crippen LogP contribution in [0.3, 0.4) is 0 Å². The molecule has 82 valence electrons. The number of fused-ring (bicyclic) bond motifs is 2. The van der Waals surface area contributed by atoms with Gasteiger partial charge in [0.25, 0.3) is 5.56 Å². The van der Waals surface area contributed by atoms with Gasteiger partial charge in [0.05, 0.1) is 10.9 Å². The number of hydrogen-bond donors (Lipinski definition) is 2. The van der Waals surface area contributed by atoms with Crippen molar-refractivity contribution in [3.8, 4) is 11.5 Å². The highest BCUT2D eigenvalue weighted by molar-refractivity contribution is 7.71. The Kier molecular flexibility index (Phi) is 1.97. The molecule has 3 rings (SSSR count). The molecule has 0 aliphatic carbocycles. The van der Waals surface area contributed by atoms with E-state index >= 15 is 0 Å². The lowest BCUT2D eigenvalue weighted by Crippen LogP contribution is -2.16. The van der Waals surface area contributed by atoms with Gasteiger partial charge in [-0.15, -0.1) is 0 Å². The molecule has 0 saturated carbocycles. The second kappa shape index (κ2) is 3.34. The van der Waals surface area contributed by atoms with Crippen molar-refractivity contribution in [2.45, 2.75) is 0 Å². The number of rotatable bonds is 0. The smallest absolute Gasteiger partial charge is 0.259 e. The van der Waals surface area contributed by atoms with Crippen molar-refractivity contribution in [1.82, 2.24) is 9.97 Å². The van der Waals surface area contributed by atoms with Crippen LogP contribution in [0.5, 0.6) is 11.5 Å². The fourth-order valence-electron chi connectivity index (χ4n) is 1.70. The predicted octanol–water partition coefficient (Wildman–Crippen LogP) is 1.36. The highest BCUT2D eigenvalue weighted by Crippen LogP contribution is 2.32. The van der Waals surface area contributed by atoms with Crippen LogP contribution in [0.1, 0.15) is 0 Å². The molecule has 1 aromatic carbocycles. The van der Waals surface area contributed by atoms with Gasteiger partial charge in [-0.05, 0) is 18.3 Å². The van der Waals surface area contributed by atoms with Crippen LogP contribution in [0.25, 0.3) is 10.9 Å². The number of benzene rings is 1. The van der Waals surface area contributed by atoms with Gasteiger partial charge in [-0.1, -0.05) is 0 Å². The number of ether oxygens (including phenoxy) is 2. The van der Waals surface area contributed by atoms with Gasteiger partial charge < -0.3 is 14.5 Å². The Labute approximate surface area is 95.0 Å². The zero-order chi connectivity index (χ0) is 11.1. The van der Waals surface area contributed by atoms with Gasteiger partial charge in [-0.2, -0.15) is 0 Å². The zero-order valence-electron chi connectivity index (χ0n) is 8.20. The average Bonchev–Trinajstić information content (AvgIpc) is 2.27. The molecule has 5 nitrogen and oxygen atoms in total. The quantitative estimate of drug-likeness (QED) is 0.678. The topological polar surface area (TPSA) is 67.1 Å². The molecule has 0 atom stereocenters. The van der Waals surface area contributed by atoms with Crippen molar-refractivity contribution in [2.24, 2.45) is 0 Å². The van der Waals surface area contributed by atoms with E-state index in [1.807, 2.05) is 0 Å². The number of aromatic nitrogens is 2. The Balaban J connectivity index is 2.40. The van der Waals surface area contributed by atoms with Crippen LogP contribution in [-0.2, 0) is 0 Å². The number of hydrogen-bond acceptors (Lipinski definition) is 4. The molecular weight excluding hydrogens is 228 g/mol. The first kappa shape index (κ1) is 9.41. The van der Waals surface area contributed by atoms with Crippen molar-refractivity contribution in [1.29, 1.82) is 0 Å². The van der Waals surface area contributed by atoms with E-state index in [2.05, 4.69) is 9.97 Å². The van der Waals surface area contributed by atoms with Crippen molar-refractivity contribution in [3.63, 3.8) is 0 Å². The molecule has 2 N–H and O–H groups in total. The Morgan fingerprint density at radius 2 is 1.81 bits per heavy atom. The summed E-state index contributed by atoms with van der Waals surface area (Å²) in [7, 11) is 0. The fourth-order valence-corrected chi connectivity index (χ4v) is 1.91. The second-order valence-electron chi connectivity index (χ2n) is 3.45. The highest BCUT2D eigenvalue weighted by Gasteiger charge is 2.13. The van der Waals surface area contributed by atoms with Crippen LogP contribution in [0.2, 0.25) is 0 Å². The molecule has 0 radical (unpaired) electrons. The molecular formula is C10H8N2O3S. The molecule has 0 bridgehead atoms. The summed E-state index contributed by atoms with van der Waals surface area (Å²) < 4.78 is 11.1. The van der Waals surface area contributed by atoms with Crippen molar-refractivity contribution in [3.05, 3.63) is 27.3 Å². The normalized spacial score (nSPS) is 14.0. The summed E-state index contributed by atoms with van der Waals surface area (Å²) in [6, 6.07) is 3.39. The van der Waals surface area contributed by atoms with Gasteiger partial charge in [0.1, 0.15) is 13.2 Å². The molecule has 0 spiro atoms. The SMILES string of the molecule is O=c1[nH]c(=S)[nH]c2cc3c(cc12)OCCO3. The molecule has 2 heterocycles. The monoisotopic (exact) mass is 236 g/mol. The first-order valence-corrected chi connectivity index (χ1v) is 5.21. The largest absolute Gasteiger partial charge is 0.486 e. The van der Waals surface area contributed by atoms with Crippen molar-refractivity contribution < 1.29 is 9.47 Å². The predicted molar refractivity (Wildman–Crippen MR) is 60.7 cm³/mol. The molecule has 0 unspecified atom stereocenters. The van der Waals surface area contributed by atoms with Crippen LogP contribution in [0, 0.1) is 4.77 Å². The number of nitrogens with one attached hydrogen (secondary N) is 2. The third-order valence-corrected chi connectivity index (χ3v) is 2.61. The lowest BCUT2D eigenvalue weighted by Gasteiger charge is -2.18. The maximum Gasteiger partial charge on any atom is 0.259 e. The minimum atomic E-state index is -0.226. The van der Waals surface area contributed by atoms with E-state index in [0.29, 0.717) is 40.4 Å². The van der Waals surface area contributed by atoms with E-state index in [0.717, 1.165) is 0 Å². The molecule has 2 aromatic rings. The Bertz CT molecular complexity index is 674. The molecule has 1 aromatic heterocycles. The minimum Gasteiger partial charge on any atom is -0.486 e. The van der Waals surface area contributed by atoms with E-state index in [9.17, 15) is 4.79 Å². The maximum absolute atomic E-state index is 11.6. The average molecular weight is 236 g/mol. The summed E-state index contributed by atoms with van der Waals surface area (Å²) in [4.78, 5) is 17.1. The lowest BCUT2D eigenvalue weighted by molar-refractivity contribution is 0.172. The van der Waals surface area contributed by atoms with E-state index in [4.69, 9.17) is 21.7 Å². The number of aromatic amines is 2. The summed E-state index contributed by atoms with van der Waals surface area (Å²) in [5.74, 6) is 1.23. The molecule has 16 heavy (non-hydrogen) atoms. The van der Waals surface area contributed by atoms with Gasteiger partial charge >= 0.3 is 0 Å². The summed E-state index contributed by atoms with van der Waals surface area (Å²) >= 11 is 4.90.